The predicted molar refractivity (Wildman–Crippen MR) is 88.6 cm³/mol. The maximum Gasteiger partial charge on any atom is 0.356 e. The molecule has 5 nitrogen and oxygen atoms in total. The highest BCUT2D eigenvalue weighted by Gasteiger charge is 2.19. The summed E-state index contributed by atoms with van der Waals surface area (Å²) in [7, 11) is 1.56. The molecule has 1 aromatic heterocycles. The average molecular weight is 311 g/mol. The first-order valence-electron chi connectivity index (χ1n) is 7.70. The second kappa shape index (κ2) is 6.20. The molecule has 120 valence electrons. The Morgan fingerprint density at radius 1 is 1.22 bits per heavy atom. The van der Waals surface area contributed by atoms with E-state index in [9.17, 15) is 5.11 Å². The number of benzene rings is 2. The number of ether oxygens (including phenoxy) is 1. The first-order valence-corrected chi connectivity index (χ1v) is 7.70. The zero-order valence-corrected chi connectivity index (χ0v) is 13.6. The number of H-pyrrole nitrogens is 1. The third kappa shape index (κ3) is 2.95. The topological polar surface area (TPSA) is 64.0 Å². The monoisotopic (exact) mass is 311 g/mol. The zero-order valence-electron chi connectivity index (χ0n) is 13.6. The molecule has 0 aliphatic carbocycles. The number of hydrogen-bond donors (Lipinski definition) is 2. The molecule has 23 heavy (non-hydrogen) atoms. The number of para-hydroxylation sites is 2. The van der Waals surface area contributed by atoms with Gasteiger partial charge in [0.15, 0.2) is 0 Å². The van der Waals surface area contributed by atoms with E-state index in [1.807, 2.05) is 18.2 Å². The summed E-state index contributed by atoms with van der Waals surface area (Å²) < 4.78 is 7.27. The van der Waals surface area contributed by atoms with Gasteiger partial charge in [0.1, 0.15) is 16.8 Å². The minimum Gasteiger partial charge on any atom is -0.872 e. The third-order valence-electron chi connectivity index (χ3n) is 3.89. The minimum absolute atomic E-state index is 0.0240. The number of anilines is 1. The molecule has 3 rings (SSSR count). The lowest BCUT2D eigenvalue weighted by molar-refractivity contribution is -0.677. The van der Waals surface area contributed by atoms with Crippen molar-refractivity contribution in [1.29, 1.82) is 0 Å². The molecule has 0 bridgehead atoms. The smallest absolute Gasteiger partial charge is 0.356 e. The summed E-state index contributed by atoms with van der Waals surface area (Å²) in [5, 5.41) is 15.4. The highest BCUT2D eigenvalue weighted by molar-refractivity contribution is 5.72. The van der Waals surface area contributed by atoms with Crippen molar-refractivity contribution in [3.63, 3.8) is 0 Å². The maximum absolute atomic E-state index is 12.1. The van der Waals surface area contributed by atoms with Gasteiger partial charge in [-0.05, 0) is 43.7 Å². The molecule has 0 spiro atoms. The number of methoxy groups -OCH3 is 1. The Morgan fingerprint density at radius 2 is 2.00 bits per heavy atom. The first kappa shape index (κ1) is 15.2. The van der Waals surface area contributed by atoms with Crippen LogP contribution in [0.2, 0.25) is 0 Å². The summed E-state index contributed by atoms with van der Waals surface area (Å²) >= 11 is 0. The summed E-state index contributed by atoms with van der Waals surface area (Å²) in [6.07, 6.45) is 0. The summed E-state index contributed by atoms with van der Waals surface area (Å²) in [5.74, 6) is 1.46. The molecule has 0 amide bonds. The fraction of sp³-hybridized carbons (Fsp3) is 0.278. The molecular weight excluding hydrogens is 290 g/mol. The molecule has 0 aliphatic heterocycles. The molecule has 0 saturated heterocycles. The number of imidazole rings is 1. The third-order valence-corrected chi connectivity index (χ3v) is 3.89. The minimum atomic E-state index is -0.0240. The Hall–Kier alpha value is -2.69. The van der Waals surface area contributed by atoms with E-state index in [1.54, 1.807) is 19.2 Å². The van der Waals surface area contributed by atoms with Crippen LogP contribution in [0, 0.1) is 0 Å². The fourth-order valence-corrected chi connectivity index (χ4v) is 2.75. The molecule has 2 N–H and O–H groups in total. The quantitative estimate of drug-likeness (QED) is 0.712. The molecule has 1 heterocycles. The standard InChI is InChI=1S/C18H21N3O2/c1-12(2)21-16-7-5-4-6-15(16)20-18(21)19-11-13-8-9-14(23-3)10-17(13)22/h4-10,12H,11H2,1-3H3,(H2,19,20,22). The molecule has 0 atom stereocenters. The van der Waals surface area contributed by atoms with Crippen molar-refractivity contribution in [3.05, 3.63) is 48.0 Å². The molecule has 0 unspecified atom stereocenters. The molecule has 2 aromatic carbocycles. The van der Waals surface area contributed by atoms with Crippen molar-refractivity contribution in [2.24, 2.45) is 0 Å². The predicted octanol–water partition coefficient (Wildman–Crippen LogP) is 2.73. The van der Waals surface area contributed by atoms with E-state index < -0.39 is 0 Å². The molecule has 0 saturated carbocycles. The van der Waals surface area contributed by atoms with Gasteiger partial charge < -0.3 is 9.84 Å². The number of rotatable bonds is 5. The van der Waals surface area contributed by atoms with Crippen LogP contribution in [0.15, 0.2) is 42.5 Å². The van der Waals surface area contributed by atoms with Gasteiger partial charge in [0.25, 0.3) is 0 Å². The van der Waals surface area contributed by atoms with E-state index >= 15 is 0 Å². The largest absolute Gasteiger partial charge is 0.872 e. The van der Waals surface area contributed by atoms with Gasteiger partial charge in [-0.3, -0.25) is 5.32 Å². The lowest BCUT2D eigenvalue weighted by Crippen LogP contribution is -2.38. The van der Waals surface area contributed by atoms with Gasteiger partial charge in [-0.2, -0.15) is 0 Å². The summed E-state index contributed by atoms with van der Waals surface area (Å²) in [6.45, 7) is 4.73. The Bertz CT molecular complexity index is 824. The molecule has 0 radical (unpaired) electrons. The summed E-state index contributed by atoms with van der Waals surface area (Å²) in [4.78, 5) is 3.38. The second-order valence-corrected chi connectivity index (χ2v) is 5.78. The van der Waals surface area contributed by atoms with Gasteiger partial charge in [-0.1, -0.05) is 23.9 Å². The maximum atomic E-state index is 12.1. The normalized spacial score (nSPS) is 11.1. The van der Waals surface area contributed by atoms with Crippen molar-refractivity contribution < 1.29 is 14.4 Å². The van der Waals surface area contributed by atoms with Gasteiger partial charge in [0, 0.05) is 0 Å². The van der Waals surface area contributed by atoms with Crippen LogP contribution in [-0.4, -0.2) is 12.1 Å². The van der Waals surface area contributed by atoms with Crippen LogP contribution in [0.3, 0.4) is 0 Å². The summed E-state index contributed by atoms with van der Waals surface area (Å²) in [5.41, 5.74) is 2.92. The van der Waals surface area contributed by atoms with Crippen LogP contribution >= 0.6 is 0 Å². The van der Waals surface area contributed by atoms with Crippen molar-refractivity contribution in [2.45, 2.75) is 26.4 Å². The first-order chi connectivity index (χ1) is 11.1. The zero-order chi connectivity index (χ0) is 16.4. The number of aromatic nitrogens is 2. The fourth-order valence-electron chi connectivity index (χ4n) is 2.75. The number of fused-ring (bicyclic) bond motifs is 1. The molecule has 0 fully saturated rings. The Morgan fingerprint density at radius 3 is 2.70 bits per heavy atom. The lowest BCUT2D eigenvalue weighted by Gasteiger charge is -2.14. The summed E-state index contributed by atoms with van der Waals surface area (Å²) in [6, 6.07) is 13.6. The Kier molecular flexibility index (Phi) is 4.10. The molecule has 0 aliphatic rings. The van der Waals surface area contributed by atoms with E-state index in [4.69, 9.17) is 4.74 Å². The van der Waals surface area contributed by atoms with Crippen molar-refractivity contribution in [1.82, 2.24) is 4.98 Å². The highest BCUT2D eigenvalue weighted by Crippen LogP contribution is 2.22. The second-order valence-electron chi connectivity index (χ2n) is 5.78. The Balaban J connectivity index is 1.88. The number of aromatic amines is 1. The number of hydrogen-bond acceptors (Lipinski definition) is 3. The van der Waals surface area contributed by atoms with Crippen molar-refractivity contribution in [3.8, 4) is 11.5 Å². The van der Waals surface area contributed by atoms with Crippen LogP contribution in [0.5, 0.6) is 11.5 Å². The van der Waals surface area contributed by atoms with E-state index in [0.717, 1.165) is 17.0 Å². The van der Waals surface area contributed by atoms with Crippen LogP contribution < -0.4 is 19.7 Å². The van der Waals surface area contributed by atoms with Crippen molar-refractivity contribution >= 4 is 17.0 Å². The number of nitrogens with one attached hydrogen (secondary N) is 2. The lowest BCUT2D eigenvalue weighted by atomic mass is 10.2. The van der Waals surface area contributed by atoms with E-state index in [-0.39, 0.29) is 5.75 Å². The molecule has 5 heteroatoms. The van der Waals surface area contributed by atoms with Crippen LogP contribution in [-0.2, 0) is 6.54 Å². The van der Waals surface area contributed by atoms with E-state index in [1.165, 1.54) is 6.07 Å². The Labute approximate surface area is 135 Å². The van der Waals surface area contributed by atoms with Gasteiger partial charge >= 0.3 is 5.95 Å². The van der Waals surface area contributed by atoms with Crippen molar-refractivity contribution in [2.75, 3.05) is 12.4 Å². The van der Waals surface area contributed by atoms with Crippen LogP contribution in [0.25, 0.3) is 11.0 Å². The molecule has 3 aromatic rings. The highest BCUT2D eigenvalue weighted by atomic mass is 16.5. The van der Waals surface area contributed by atoms with Gasteiger partial charge in [-0.15, -0.1) is 0 Å². The average Bonchev–Trinajstić information content (AvgIpc) is 2.92. The van der Waals surface area contributed by atoms with Gasteiger partial charge in [0.05, 0.1) is 19.7 Å². The SMILES string of the molecule is COc1ccc(CNc2[nH]c3ccccc3[n+]2C(C)C)c([O-])c1. The number of nitrogens with zero attached hydrogens (tertiary/aromatic N) is 1. The van der Waals surface area contributed by atoms with E-state index in [0.29, 0.717) is 23.9 Å². The van der Waals surface area contributed by atoms with E-state index in [2.05, 4.69) is 34.8 Å². The van der Waals surface area contributed by atoms with Crippen LogP contribution in [0.1, 0.15) is 25.5 Å². The van der Waals surface area contributed by atoms with Crippen LogP contribution in [0.4, 0.5) is 5.95 Å². The van der Waals surface area contributed by atoms with Gasteiger partial charge in [-0.25, -0.2) is 9.55 Å². The van der Waals surface area contributed by atoms with Gasteiger partial charge in [0.2, 0.25) is 0 Å². The molecular formula is C18H21N3O2.